The molecule has 36 heavy (non-hydrogen) atoms. The Morgan fingerprint density at radius 3 is 2.11 bits per heavy atom. The number of carbonyl (C=O) groups is 2. The molecule has 0 saturated carbocycles. The van der Waals surface area contributed by atoms with Crippen LogP contribution in [0.15, 0.2) is 83.8 Å². The van der Waals surface area contributed by atoms with Gasteiger partial charge in [-0.15, -0.1) is 11.8 Å². The van der Waals surface area contributed by atoms with E-state index in [0.717, 1.165) is 10.5 Å². The predicted molar refractivity (Wildman–Crippen MR) is 151 cm³/mol. The van der Waals surface area contributed by atoms with Crippen LogP contribution >= 0.6 is 35.0 Å². The van der Waals surface area contributed by atoms with Crippen LogP contribution in [-0.4, -0.2) is 35.1 Å². The van der Waals surface area contributed by atoms with E-state index in [1.165, 1.54) is 0 Å². The molecule has 0 heterocycles. The van der Waals surface area contributed by atoms with Crippen LogP contribution in [0.5, 0.6) is 0 Å². The van der Waals surface area contributed by atoms with E-state index in [-0.39, 0.29) is 30.7 Å². The van der Waals surface area contributed by atoms with Gasteiger partial charge in [-0.2, -0.15) is 0 Å². The summed E-state index contributed by atoms with van der Waals surface area (Å²) in [6.45, 7) is 4.77. The van der Waals surface area contributed by atoms with Gasteiger partial charge in [-0.1, -0.05) is 91.6 Å². The lowest BCUT2D eigenvalue weighted by atomic mass is 10.0. The molecular weight excluding hydrogens is 511 g/mol. The van der Waals surface area contributed by atoms with E-state index in [1.54, 1.807) is 34.9 Å². The number of rotatable bonds is 12. The Hall–Kier alpha value is -2.47. The molecule has 0 aromatic heterocycles. The van der Waals surface area contributed by atoms with Gasteiger partial charge in [0.25, 0.3) is 0 Å². The molecule has 0 unspecified atom stereocenters. The van der Waals surface area contributed by atoms with Gasteiger partial charge in [0, 0.05) is 52.2 Å². The van der Waals surface area contributed by atoms with E-state index in [1.807, 2.05) is 74.5 Å². The van der Waals surface area contributed by atoms with Gasteiger partial charge >= 0.3 is 0 Å². The second-order valence-electron chi connectivity index (χ2n) is 8.98. The lowest BCUT2D eigenvalue weighted by Gasteiger charge is -2.32. The molecule has 0 aliphatic carbocycles. The third-order valence-electron chi connectivity index (χ3n) is 5.67. The van der Waals surface area contributed by atoms with Gasteiger partial charge in [0.05, 0.1) is 0 Å². The summed E-state index contributed by atoms with van der Waals surface area (Å²) in [7, 11) is 0. The Morgan fingerprint density at radius 2 is 1.50 bits per heavy atom. The highest BCUT2D eigenvalue weighted by molar-refractivity contribution is 7.99. The molecule has 4 nitrogen and oxygen atoms in total. The fourth-order valence-electron chi connectivity index (χ4n) is 3.75. The smallest absolute Gasteiger partial charge is 0.243 e. The first-order valence-corrected chi connectivity index (χ1v) is 13.8. The summed E-state index contributed by atoms with van der Waals surface area (Å²) in [6, 6.07) is 24.3. The van der Waals surface area contributed by atoms with Crippen LogP contribution in [0.1, 0.15) is 31.4 Å². The summed E-state index contributed by atoms with van der Waals surface area (Å²) in [5.41, 5.74) is 1.61. The van der Waals surface area contributed by atoms with Crippen LogP contribution in [0, 0.1) is 5.92 Å². The zero-order valence-corrected chi connectivity index (χ0v) is 23.0. The number of carbonyl (C=O) groups excluding carboxylic acids is 2. The zero-order chi connectivity index (χ0) is 25.9. The minimum absolute atomic E-state index is 0.116. The SMILES string of the molecule is CC(C)CNC(=O)[C@@H](Cc1ccccc1)N(Cc1c(Cl)cccc1Cl)C(=O)CCSc1ccccc1. The van der Waals surface area contributed by atoms with Gasteiger partial charge in [0.1, 0.15) is 6.04 Å². The molecule has 0 spiro atoms. The second-order valence-corrected chi connectivity index (χ2v) is 11.0. The molecular formula is C29H32Cl2N2O2S. The first kappa shape index (κ1) is 28.1. The van der Waals surface area contributed by atoms with Gasteiger partial charge in [-0.3, -0.25) is 9.59 Å². The Bertz CT molecular complexity index is 1110. The van der Waals surface area contributed by atoms with E-state index < -0.39 is 6.04 Å². The highest BCUT2D eigenvalue weighted by Crippen LogP contribution is 2.28. The third-order valence-corrected chi connectivity index (χ3v) is 7.40. The zero-order valence-electron chi connectivity index (χ0n) is 20.6. The first-order chi connectivity index (χ1) is 17.3. The van der Waals surface area contributed by atoms with Gasteiger partial charge in [0.15, 0.2) is 0 Å². The molecule has 0 aliphatic rings. The number of hydrogen-bond acceptors (Lipinski definition) is 3. The molecule has 0 radical (unpaired) electrons. The molecule has 3 aromatic carbocycles. The summed E-state index contributed by atoms with van der Waals surface area (Å²) in [5, 5.41) is 3.98. The number of hydrogen-bond donors (Lipinski definition) is 1. The Morgan fingerprint density at radius 1 is 0.889 bits per heavy atom. The van der Waals surface area contributed by atoms with Crippen LogP contribution < -0.4 is 5.32 Å². The number of nitrogens with one attached hydrogen (secondary N) is 1. The van der Waals surface area contributed by atoms with Crippen molar-refractivity contribution in [2.45, 2.75) is 44.2 Å². The summed E-state index contributed by atoms with van der Waals surface area (Å²) in [5.74, 6) is 0.590. The maximum atomic E-state index is 13.7. The molecule has 0 saturated heterocycles. The van der Waals surface area contributed by atoms with E-state index in [9.17, 15) is 9.59 Å². The van der Waals surface area contributed by atoms with Crippen LogP contribution in [0.2, 0.25) is 10.0 Å². The maximum Gasteiger partial charge on any atom is 0.243 e. The summed E-state index contributed by atoms with van der Waals surface area (Å²) in [4.78, 5) is 29.9. The van der Waals surface area contributed by atoms with Crippen molar-refractivity contribution in [3.63, 3.8) is 0 Å². The number of amides is 2. The van der Waals surface area contributed by atoms with Crippen molar-refractivity contribution >= 4 is 46.8 Å². The van der Waals surface area contributed by atoms with Crippen molar-refractivity contribution in [3.8, 4) is 0 Å². The molecule has 190 valence electrons. The summed E-state index contributed by atoms with van der Waals surface area (Å²) < 4.78 is 0. The van der Waals surface area contributed by atoms with Crippen LogP contribution in [-0.2, 0) is 22.6 Å². The highest BCUT2D eigenvalue weighted by Gasteiger charge is 2.31. The first-order valence-electron chi connectivity index (χ1n) is 12.1. The molecule has 3 aromatic rings. The number of nitrogens with zero attached hydrogens (tertiary/aromatic N) is 1. The van der Waals surface area contributed by atoms with Gasteiger partial charge < -0.3 is 10.2 Å². The molecule has 2 amide bonds. The van der Waals surface area contributed by atoms with Gasteiger partial charge in [-0.25, -0.2) is 0 Å². The van der Waals surface area contributed by atoms with E-state index in [4.69, 9.17) is 23.2 Å². The molecule has 7 heteroatoms. The Balaban J connectivity index is 1.89. The van der Waals surface area contributed by atoms with Crippen molar-refractivity contribution in [2.75, 3.05) is 12.3 Å². The normalized spacial score (nSPS) is 11.8. The van der Waals surface area contributed by atoms with E-state index >= 15 is 0 Å². The molecule has 1 atom stereocenters. The van der Waals surface area contributed by atoms with Crippen LogP contribution in [0.25, 0.3) is 0 Å². The van der Waals surface area contributed by atoms with Gasteiger partial charge in [0.2, 0.25) is 11.8 Å². The average molecular weight is 544 g/mol. The number of thioether (sulfide) groups is 1. The highest BCUT2D eigenvalue weighted by atomic mass is 35.5. The number of benzene rings is 3. The van der Waals surface area contributed by atoms with Gasteiger partial charge in [-0.05, 0) is 35.7 Å². The lowest BCUT2D eigenvalue weighted by Crippen LogP contribution is -2.51. The maximum absolute atomic E-state index is 13.7. The average Bonchev–Trinajstić information content (AvgIpc) is 2.87. The Labute approximate surface area is 228 Å². The minimum atomic E-state index is -0.701. The largest absolute Gasteiger partial charge is 0.354 e. The van der Waals surface area contributed by atoms with Crippen molar-refractivity contribution in [2.24, 2.45) is 5.92 Å². The van der Waals surface area contributed by atoms with E-state index in [2.05, 4.69) is 5.32 Å². The summed E-state index contributed by atoms with van der Waals surface area (Å²) in [6.07, 6.45) is 0.675. The minimum Gasteiger partial charge on any atom is -0.354 e. The molecule has 3 rings (SSSR count). The monoisotopic (exact) mass is 542 g/mol. The van der Waals surface area contributed by atoms with Crippen LogP contribution in [0.4, 0.5) is 0 Å². The quantitative estimate of drug-likeness (QED) is 0.253. The van der Waals surface area contributed by atoms with Crippen molar-refractivity contribution in [3.05, 3.63) is 100 Å². The Kier molecular flexibility index (Phi) is 11.2. The second kappa shape index (κ2) is 14.3. The molecule has 1 N–H and O–H groups in total. The number of halogens is 2. The van der Waals surface area contributed by atoms with Crippen LogP contribution in [0.3, 0.4) is 0 Å². The molecule has 0 fully saturated rings. The molecule has 0 bridgehead atoms. The standard InChI is InChI=1S/C29H32Cl2N2O2S/c1-21(2)19-32-29(35)27(18-22-10-5-3-6-11-22)33(20-24-25(30)14-9-15-26(24)31)28(34)16-17-36-23-12-7-4-8-13-23/h3-15,21,27H,16-20H2,1-2H3,(H,32,35)/t27-/m1/s1. The summed E-state index contributed by atoms with van der Waals surface area (Å²) >= 11 is 14.6. The molecule has 0 aliphatic heterocycles. The third kappa shape index (κ3) is 8.58. The lowest BCUT2D eigenvalue weighted by molar-refractivity contribution is -0.141. The van der Waals surface area contributed by atoms with Crippen molar-refractivity contribution in [1.82, 2.24) is 10.2 Å². The van der Waals surface area contributed by atoms with Crippen molar-refractivity contribution < 1.29 is 9.59 Å². The predicted octanol–water partition coefficient (Wildman–Crippen LogP) is 6.89. The topological polar surface area (TPSA) is 49.4 Å². The van der Waals surface area contributed by atoms with E-state index in [0.29, 0.717) is 34.3 Å². The fourth-order valence-corrected chi connectivity index (χ4v) is 5.13. The van der Waals surface area contributed by atoms with Crippen molar-refractivity contribution in [1.29, 1.82) is 0 Å². The fraction of sp³-hybridized carbons (Fsp3) is 0.310.